The zero-order valence-corrected chi connectivity index (χ0v) is 7.43. The van der Waals surface area contributed by atoms with Gasteiger partial charge in [-0.05, 0) is 12.0 Å². The van der Waals surface area contributed by atoms with Crippen LogP contribution in [0.3, 0.4) is 0 Å². The van der Waals surface area contributed by atoms with E-state index in [0.717, 1.165) is 0 Å². The molecule has 1 atom stereocenters. The average molecular weight is 194 g/mol. The van der Waals surface area contributed by atoms with Gasteiger partial charge in [-0.3, -0.25) is 4.79 Å². The van der Waals surface area contributed by atoms with Gasteiger partial charge in [0.25, 0.3) is 0 Å². The van der Waals surface area contributed by atoms with Crippen molar-refractivity contribution in [2.45, 2.75) is 6.42 Å². The third kappa shape index (κ3) is 1.90. The average Bonchev–Trinajstić information content (AvgIpc) is 2.56. The maximum absolute atomic E-state index is 10.8. The number of hydrogen-bond acceptors (Lipinski definition) is 2. The summed E-state index contributed by atoms with van der Waals surface area (Å²) in [5, 5.41) is 17.5. The van der Waals surface area contributed by atoms with Crippen molar-refractivity contribution in [2.24, 2.45) is 5.92 Å². The van der Waals surface area contributed by atoms with Crippen molar-refractivity contribution < 1.29 is 19.8 Å². The van der Waals surface area contributed by atoms with Crippen molar-refractivity contribution in [2.75, 3.05) is 0 Å². The first-order valence-electron chi connectivity index (χ1n) is 4.04. The minimum absolute atomic E-state index is 0.299. The quantitative estimate of drug-likeness (QED) is 0.660. The lowest BCUT2D eigenvalue weighted by atomic mass is 9.91. The van der Waals surface area contributed by atoms with Crippen molar-refractivity contribution in [1.29, 1.82) is 0 Å². The van der Waals surface area contributed by atoms with Crippen LogP contribution in [-0.4, -0.2) is 22.2 Å². The Morgan fingerprint density at radius 3 is 2.43 bits per heavy atom. The zero-order valence-electron chi connectivity index (χ0n) is 7.43. The van der Waals surface area contributed by atoms with E-state index >= 15 is 0 Å². The Hall–Kier alpha value is -1.84. The summed E-state index contributed by atoms with van der Waals surface area (Å²) in [5.74, 6) is -3.56. The maximum Gasteiger partial charge on any atom is 0.332 e. The molecule has 0 spiro atoms. The van der Waals surface area contributed by atoms with Gasteiger partial charge in [0.05, 0.1) is 0 Å². The highest BCUT2D eigenvalue weighted by Gasteiger charge is 2.29. The summed E-state index contributed by atoms with van der Waals surface area (Å²) in [6, 6.07) is 0. The zero-order chi connectivity index (χ0) is 10.7. The number of carboxylic acids is 2. The molecule has 0 aromatic rings. The minimum atomic E-state index is -1.27. The molecule has 4 heteroatoms. The Bertz CT molecular complexity index is 347. The van der Waals surface area contributed by atoms with Gasteiger partial charge in [-0.15, -0.1) is 0 Å². The summed E-state index contributed by atoms with van der Waals surface area (Å²) < 4.78 is 0. The normalized spacial score (nSPS) is 16.1. The molecule has 1 rings (SSSR count). The molecule has 0 radical (unpaired) electrons. The topological polar surface area (TPSA) is 74.6 Å². The molecule has 0 heterocycles. The van der Waals surface area contributed by atoms with E-state index < -0.39 is 17.9 Å². The van der Waals surface area contributed by atoms with Crippen molar-refractivity contribution in [3.05, 3.63) is 36.0 Å². The number of carboxylic acid groups (broad SMARTS) is 2. The van der Waals surface area contributed by atoms with Crippen LogP contribution < -0.4 is 0 Å². The largest absolute Gasteiger partial charge is 0.481 e. The fourth-order valence-corrected chi connectivity index (χ4v) is 1.33. The van der Waals surface area contributed by atoms with Gasteiger partial charge in [-0.1, -0.05) is 24.8 Å². The van der Waals surface area contributed by atoms with Crippen LogP contribution in [0.15, 0.2) is 36.0 Å². The smallest absolute Gasteiger partial charge is 0.332 e. The van der Waals surface area contributed by atoms with E-state index in [2.05, 4.69) is 6.58 Å². The van der Waals surface area contributed by atoms with Crippen LogP contribution in [0.25, 0.3) is 0 Å². The van der Waals surface area contributed by atoms with E-state index in [1.165, 1.54) is 0 Å². The third-order valence-electron chi connectivity index (χ3n) is 2.04. The first-order valence-corrected chi connectivity index (χ1v) is 4.04. The molecular formula is C10H10O4. The van der Waals surface area contributed by atoms with Gasteiger partial charge in [0.2, 0.25) is 0 Å². The van der Waals surface area contributed by atoms with E-state index in [9.17, 15) is 9.59 Å². The molecule has 0 aromatic carbocycles. The van der Waals surface area contributed by atoms with E-state index in [1.807, 2.05) is 0 Å². The van der Waals surface area contributed by atoms with Crippen LogP contribution in [0, 0.1) is 5.92 Å². The lowest BCUT2D eigenvalue weighted by Crippen LogP contribution is -2.22. The molecule has 14 heavy (non-hydrogen) atoms. The summed E-state index contributed by atoms with van der Waals surface area (Å²) in [7, 11) is 0. The number of hydrogen-bond donors (Lipinski definition) is 2. The summed E-state index contributed by atoms with van der Waals surface area (Å²) >= 11 is 0. The molecule has 0 saturated carbocycles. The van der Waals surface area contributed by atoms with Crippen molar-refractivity contribution >= 4 is 11.9 Å². The van der Waals surface area contributed by atoms with E-state index in [-0.39, 0.29) is 5.57 Å². The number of allylic oxidation sites excluding steroid dienone is 3. The summed E-state index contributed by atoms with van der Waals surface area (Å²) in [4.78, 5) is 21.4. The summed E-state index contributed by atoms with van der Waals surface area (Å²) in [5.41, 5.74) is 0.261. The van der Waals surface area contributed by atoms with Gasteiger partial charge in [0.1, 0.15) is 5.92 Å². The van der Waals surface area contributed by atoms with Crippen LogP contribution >= 0.6 is 0 Å². The minimum Gasteiger partial charge on any atom is -0.481 e. The van der Waals surface area contributed by atoms with Crippen molar-refractivity contribution in [1.82, 2.24) is 0 Å². The third-order valence-corrected chi connectivity index (χ3v) is 2.04. The molecular weight excluding hydrogens is 184 g/mol. The Morgan fingerprint density at radius 2 is 2.07 bits per heavy atom. The fourth-order valence-electron chi connectivity index (χ4n) is 1.33. The van der Waals surface area contributed by atoms with Crippen LogP contribution in [0.4, 0.5) is 0 Å². The lowest BCUT2D eigenvalue weighted by molar-refractivity contribution is -0.142. The highest BCUT2D eigenvalue weighted by molar-refractivity contribution is 5.95. The molecule has 4 nitrogen and oxygen atoms in total. The highest BCUT2D eigenvalue weighted by atomic mass is 16.4. The number of rotatable bonds is 4. The van der Waals surface area contributed by atoms with Gasteiger partial charge >= 0.3 is 11.9 Å². The Kier molecular flexibility index (Phi) is 2.86. The second-order valence-electron chi connectivity index (χ2n) is 2.98. The fraction of sp³-hybridized carbons (Fsp3) is 0.200. The monoisotopic (exact) mass is 194 g/mol. The molecule has 0 fully saturated rings. The molecule has 0 amide bonds. The Morgan fingerprint density at radius 1 is 1.43 bits per heavy atom. The standard InChI is InChI=1S/C10H10O4/c1-6(9(11)12)8(10(13)14)7-4-2-3-5-7/h2-4,8H,1,5H2,(H,11,12)(H,13,14). The number of aliphatic carboxylic acids is 2. The predicted octanol–water partition coefficient (Wildman–Crippen LogP) is 1.21. The Labute approximate surface area is 80.9 Å². The molecule has 0 bridgehead atoms. The van der Waals surface area contributed by atoms with E-state index in [0.29, 0.717) is 12.0 Å². The van der Waals surface area contributed by atoms with Crippen LogP contribution in [0.2, 0.25) is 0 Å². The first-order chi connectivity index (χ1) is 6.54. The van der Waals surface area contributed by atoms with E-state index in [1.54, 1.807) is 18.2 Å². The van der Waals surface area contributed by atoms with Crippen LogP contribution in [0.5, 0.6) is 0 Å². The molecule has 0 saturated heterocycles. The van der Waals surface area contributed by atoms with Crippen molar-refractivity contribution in [3.8, 4) is 0 Å². The molecule has 0 aromatic heterocycles. The first kappa shape index (κ1) is 10.2. The van der Waals surface area contributed by atoms with Gasteiger partial charge in [0, 0.05) is 5.57 Å². The maximum atomic E-state index is 10.8. The van der Waals surface area contributed by atoms with E-state index in [4.69, 9.17) is 10.2 Å². The summed E-state index contributed by atoms with van der Waals surface area (Å²) in [6.45, 7) is 3.27. The molecule has 1 unspecified atom stereocenters. The second-order valence-corrected chi connectivity index (χ2v) is 2.98. The molecule has 2 N–H and O–H groups in total. The van der Waals surface area contributed by atoms with Crippen LogP contribution in [-0.2, 0) is 9.59 Å². The number of carbonyl (C=O) groups is 2. The Balaban J connectivity index is 2.91. The van der Waals surface area contributed by atoms with Crippen LogP contribution in [0.1, 0.15) is 6.42 Å². The van der Waals surface area contributed by atoms with Crippen molar-refractivity contribution in [3.63, 3.8) is 0 Å². The van der Waals surface area contributed by atoms with Gasteiger partial charge in [-0.2, -0.15) is 0 Å². The molecule has 74 valence electrons. The SMILES string of the molecule is C=C(C(=O)O)C(C(=O)O)C1=CC=CC1. The van der Waals surface area contributed by atoms with Gasteiger partial charge in [-0.25, -0.2) is 4.79 Å². The molecule has 0 aliphatic heterocycles. The lowest BCUT2D eigenvalue weighted by Gasteiger charge is -2.13. The van der Waals surface area contributed by atoms with Gasteiger partial charge in [0.15, 0.2) is 0 Å². The molecule has 1 aliphatic rings. The predicted molar refractivity (Wildman–Crippen MR) is 49.7 cm³/mol. The van der Waals surface area contributed by atoms with Gasteiger partial charge < -0.3 is 10.2 Å². The summed E-state index contributed by atoms with van der Waals surface area (Å²) in [6.07, 6.45) is 5.58. The molecule has 1 aliphatic carbocycles. The second kappa shape index (κ2) is 3.91. The highest BCUT2D eigenvalue weighted by Crippen LogP contribution is 2.26.